The third-order valence-electron chi connectivity index (χ3n) is 6.49. The first-order chi connectivity index (χ1) is 20.0. The van der Waals surface area contributed by atoms with Crippen molar-refractivity contribution in [1.82, 2.24) is 23.9 Å². The van der Waals surface area contributed by atoms with E-state index in [2.05, 4.69) is 10.1 Å². The van der Waals surface area contributed by atoms with Crippen molar-refractivity contribution in [3.05, 3.63) is 123 Å². The van der Waals surface area contributed by atoms with Gasteiger partial charge in [0.2, 0.25) is 5.82 Å². The topological polar surface area (TPSA) is 101 Å². The van der Waals surface area contributed by atoms with Gasteiger partial charge in [-0.25, -0.2) is 18.1 Å². The number of benzene rings is 2. The van der Waals surface area contributed by atoms with Crippen molar-refractivity contribution in [1.29, 1.82) is 0 Å². The van der Waals surface area contributed by atoms with E-state index >= 15 is 8.78 Å². The van der Waals surface area contributed by atoms with Crippen molar-refractivity contribution < 1.29 is 22.7 Å². The van der Waals surface area contributed by atoms with Gasteiger partial charge < -0.3 is 4.74 Å². The average Bonchev–Trinajstić information content (AvgIpc) is 3.40. The molecule has 0 fully saturated rings. The predicted octanol–water partition coefficient (Wildman–Crippen LogP) is 5.01. The smallest absolute Gasteiger partial charge is 0.335 e. The molecule has 0 bridgehead atoms. The van der Waals surface area contributed by atoms with Crippen molar-refractivity contribution in [3.8, 4) is 28.4 Å². The molecule has 0 amide bonds. The molecule has 5 aromatic rings. The second-order valence-electron chi connectivity index (χ2n) is 9.78. The maximum Gasteiger partial charge on any atom is 0.335 e. The molecule has 5 rings (SSSR count). The van der Waals surface area contributed by atoms with Gasteiger partial charge in [-0.1, -0.05) is 6.07 Å². The fraction of sp³-hybridized carbons (Fsp3) is 0.167. The lowest BCUT2D eigenvalue weighted by Gasteiger charge is -2.15. The van der Waals surface area contributed by atoms with Crippen LogP contribution >= 0.6 is 0 Å². The molecular formula is C30H24F3N5O4. The van der Waals surface area contributed by atoms with E-state index in [1.54, 1.807) is 44.0 Å². The minimum atomic E-state index is -1.32. The van der Waals surface area contributed by atoms with Crippen LogP contribution in [0.4, 0.5) is 13.2 Å². The molecule has 9 nitrogen and oxygen atoms in total. The second kappa shape index (κ2) is 11.3. The lowest BCUT2D eigenvalue weighted by molar-refractivity contribution is 0.0988. The van der Waals surface area contributed by atoms with E-state index in [1.807, 2.05) is 0 Å². The van der Waals surface area contributed by atoms with Crippen molar-refractivity contribution in [3.63, 3.8) is 0 Å². The molecule has 0 aliphatic heterocycles. The van der Waals surface area contributed by atoms with Crippen LogP contribution in [-0.4, -0.2) is 29.7 Å². The summed E-state index contributed by atoms with van der Waals surface area (Å²) in [6.07, 6.45) is 5.22. The largest absolute Gasteiger partial charge is 0.454 e. The van der Waals surface area contributed by atoms with Crippen molar-refractivity contribution >= 4 is 5.78 Å². The van der Waals surface area contributed by atoms with Gasteiger partial charge in [0.15, 0.2) is 17.3 Å². The maximum absolute atomic E-state index is 15.1. The molecule has 42 heavy (non-hydrogen) atoms. The number of hydrogen-bond acceptors (Lipinski definition) is 6. The fourth-order valence-corrected chi connectivity index (χ4v) is 4.32. The van der Waals surface area contributed by atoms with Gasteiger partial charge in [0.1, 0.15) is 17.1 Å². The molecule has 0 spiro atoms. The van der Waals surface area contributed by atoms with Crippen LogP contribution in [0, 0.1) is 17.5 Å². The summed E-state index contributed by atoms with van der Waals surface area (Å²) in [7, 11) is 1.75. The Labute approximate surface area is 237 Å². The molecule has 0 aliphatic rings. The number of aryl methyl sites for hydroxylation is 1. The third kappa shape index (κ3) is 5.51. The molecule has 2 aromatic carbocycles. The Morgan fingerprint density at radius 2 is 1.71 bits per heavy atom. The normalized spacial score (nSPS) is 11.2. The number of nitrogens with zero attached hydrogens (tertiary/aromatic N) is 5. The summed E-state index contributed by atoms with van der Waals surface area (Å²) >= 11 is 0. The highest BCUT2D eigenvalue weighted by molar-refractivity contribution is 5.97. The van der Waals surface area contributed by atoms with E-state index in [9.17, 15) is 18.8 Å². The van der Waals surface area contributed by atoms with Gasteiger partial charge in [0.05, 0.1) is 17.6 Å². The molecule has 0 atom stereocenters. The highest BCUT2D eigenvalue weighted by Crippen LogP contribution is 2.30. The lowest BCUT2D eigenvalue weighted by Crippen LogP contribution is -2.42. The monoisotopic (exact) mass is 575 g/mol. The van der Waals surface area contributed by atoms with Gasteiger partial charge >= 0.3 is 5.69 Å². The molecule has 3 aromatic heterocycles. The first-order valence-corrected chi connectivity index (χ1v) is 12.8. The minimum Gasteiger partial charge on any atom is -0.454 e. The van der Waals surface area contributed by atoms with Crippen molar-refractivity contribution in [2.24, 2.45) is 7.05 Å². The van der Waals surface area contributed by atoms with E-state index in [1.165, 1.54) is 41.1 Å². The van der Waals surface area contributed by atoms with Crippen LogP contribution in [0.25, 0.3) is 16.9 Å². The summed E-state index contributed by atoms with van der Waals surface area (Å²) in [6.45, 7) is 3.34. The number of pyridine rings is 1. The van der Waals surface area contributed by atoms with Crippen LogP contribution in [-0.2, 0) is 13.5 Å². The number of hydrogen-bond donors (Lipinski definition) is 0. The van der Waals surface area contributed by atoms with Gasteiger partial charge in [-0.3, -0.25) is 23.8 Å². The summed E-state index contributed by atoms with van der Waals surface area (Å²) in [5.74, 6) is -4.28. The SMILES string of the molecule is CC(C)n1cc(C(=O)Cc2ccc(Oc3ccnc(-c4cnn(C)c4)c3)c(F)c2F)c(=O)n(-c2ccc(F)cc2)c1=O. The van der Waals surface area contributed by atoms with Crippen LogP contribution in [0.1, 0.15) is 35.8 Å². The van der Waals surface area contributed by atoms with Crippen molar-refractivity contribution in [2.45, 2.75) is 26.3 Å². The van der Waals surface area contributed by atoms with Gasteiger partial charge in [-0.15, -0.1) is 0 Å². The molecule has 0 aliphatic carbocycles. The Bertz CT molecular complexity index is 1930. The highest BCUT2D eigenvalue weighted by atomic mass is 19.2. The molecule has 0 N–H and O–H groups in total. The lowest BCUT2D eigenvalue weighted by atomic mass is 10.0. The molecule has 0 radical (unpaired) electrons. The number of rotatable bonds is 8. The van der Waals surface area contributed by atoms with Crippen LogP contribution in [0.15, 0.2) is 82.9 Å². The first kappa shape index (κ1) is 28.3. The minimum absolute atomic E-state index is 0.0528. The number of ketones is 1. The van der Waals surface area contributed by atoms with Crippen LogP contribution < -0.4 is 16.0 Å². The highest BCUT2D eigenvalue weighted by Gasteiger charge is 2.23. The second-order valence-corrected chi connectivity index (χ2v) is 9.78. The number of halogens is 3. The van der Waals surface area contributed by atoms with Gasteiger partial charge in [0, 0.05) is 49.7 Å². The van der Waals surface area contributed by atoms with Crippen molar-refractivity contribution in [2.75, 3.05) is 0 Å². The molecule has 0 unspecified atom stereocenters. The summed E-state index contributed by atoms with van der Waals surface area (Å²) in [5, 5.41) is 4.08. The maximum atomic E-state index is 15.1. The van der Waals surface area contributed by atoms with E-state index in [4.69, 9.17) is 4.74 Å². The Morgan fingerprint density at radius 1 is 0.976 bits per heavy atom. The first-order valence-electron chi connectivity index (χ1n) is 12.8. The summed E-state index contributed by atoms with van der Waals surface area (Å²) in [5.41, 5.74) is -1.16. The van der Waals surface area contributed by atoms with E-state index < -0.39 is 58.3 Å². The Hall–Kier alpha value is -5.26. The number of aromatic nitrogens is 5. The molecule has 0 saturated carbocycles. The van der Waals surface area contributed by atoms with E-state index in [-0.39, 0.29) is 17.0 Å². The Kier molecular flexibility index (Phi) is 7.62. The van der Waals surface area contributed by atoms with Gasteiger partial charge in [0.25, 0.3) is 5.56 Å². The quantitative estimate of drug-likeness (QED) is 0.241. The zero-order valence-corrected chi connectivity index (χ0v) is 22.7. The Morgan fingerprint density at radius 3 is 2.38 bits per heavy atom. The van der Waals surface area contributed by atoms with Crippen LogP contribution in [0.2, 0.25) is 0 Å². The molecule has 3 heterocycles. The molecule has 214 valence electrons. The predicted molar refractivity (Wildman–Crippen MR) is 148 cm³/mol. The number of carbonyl (C=O) groups is 1. The zero-order chi connectivity index (χ0) is 30.1. The van der Waals surface area contributed by atoms with E-state index in [0.29, 0.717) is 11.3 Å². The number of ether oxygens (including phenoxy) is 1. The zero-order valence-electron chi connectivity index (χ0n) is 22.7. The fourth-order valence-electron chi connectivity index (χ4n) is 4.32. The molecular weight excluding hydrogens is 551 g/mol. The summed E-state index contributed by atoms with van der Waals surface area (Å²) in [4.78, 5) is 43.8. The molecule has 0 saturated heterocycles. The standard InChI is InChI=1S/C30H24F3N5O4/c1-17(2)37-16-23(29(40)38(30(37)41)21-7-5-20(31)6-8-21)25(39)12-18-4-9-26(28(33)27(18)32)42-22-10-11-34-24(13-22)19-14-35-36(3)15-19/h4-11,13-17H,12H2,1-3H3. The van der Waals surface area contributed by atoms with Crippen LogP contribution in [0.5, 0.6) is 11.5 Å². The third-order valence-corrected chi connectivity index (χ3v) is 6.49. The number of Topliss-reactive ketones (excluding diaryl/α,β-unsaturated/α-hetero) is 1. The van der Waals surface area contributed by atoms with Gasteiger partial charge in [-0.05, 0) is 55.8 Å². The summed E-state index contributed by atoms with van der Waals surface area (Å²) in [6, 6.07) is 9.54. The summed E-state index contributed by atoms with van der Waals surface area (Å²) < 4.78 is 52.7. The van der Waals surface area contributed by atoms with Gasteiger partial charge in [-0.2, -0.15) is 9.49 Å². The molecule has 12 heteroatoms. The Balaban J connectivity index is 1.45. The van der Waals surface area contributed by atoms with E-state index in [0.717, 1.165) is 22.9 Å². The number of carbonyl (C=O) groups excluding carboxylic acids is 1. The van der Waals surface area contributed by atoms with Crippen LogP contribution in [0.3, 0.4) is 0 Å². The average molecular weight is 576 g/mol.